The van der Waals surface area contributed by atoms with E-state index in [1.807, 2.05) is 37.3 Å². The number of hydrogen-bond acceptors (Lipinski definition) is 4. The number of nitrogens with zero attached hydrogens (tertiary/aromatic N) is 3. The predicted molar refractivity (Wildman–Crippen MR) is 115 cm³/mol. The summed E-state index contributed by atoms with van der Waals surface area (Å²) < 4.78 is 15.1. The van der Waals surface area contributed by atoms with Crippen LogP contribution < -0.4 is 10.6 Å². The lowest BCUT2D eigenvalue weighted by molar-refractivity contribution is 0.0963. The third kappa shape index (κ3) is 3.77. The van der Waals surface area contributed by atoms with Crippen molar-refractivity contribution in [1.82, 2.24) is 20.1 Å². The van der Waals surface area contributed by atoms with Gasteiger partial charge in [-0.3, -0.25) is 4.79 Å². The zero-order valence-corrected chi connectivity index (χ0v) is 16.6. The standard InChI is InChI=1S/C23H20FN5O/c1-15-6-3-4-8-20(15)29-21(14-19(28-29)16-9-11-17(24)12-10-16)27-22-18(23(30)25-2)7-5-13-26-22/h3-14H,1-2H3,(H,25,30)(H,26,27). The summed E-state index contributed by atoms with van der Waals surface area (Å²) in [5.41, 5.74) is 3.77. The SMILES string of the molecule is CNC(=O)c1cccnc1Nc1cc(-c2ccc(F)cc2)nn1-c1ccccc1C. The Labute approximate surface area is 173 Å². The van der Waals surface area contributed by atoms with Crippen LogP contribution in [-0.2, 0) is 0 Å². The van der Waals surface area contributed by atoms with Gasteiger partial charge in [0.15, 0.2) is 0 Å². The molecule has 4 aromatic rings. The van der Waals surface area contributed by atoms with Crippen molar-refractivity contribution >= 4 is 17.5 Å². The van der Waals surface area contributed by atoms with E-state index in [1.165, 1.54) is 12.1 Å². The molecule has 6 nitrogen and oxygen atoms in total. The molecule has 4 rings (SSSR count). The largest absolute Gasteiger partial charge is 0.355 e. The fourth-order valence-electron chi connectivity index (χ4n) is 3.16. The average Bonchev–Trinajstić information content (AvgIpc) is 3.18. The third-order valence-corrected chi connectivity index (χ3v) is 4.72. The van der Waals surface area contributed by atoms with Crippen molar-refractivity contribution in [1.29, 1.82) is 0 Å². The van der Waals surface area contributed by atoms with Crippen molar-refractivity contribution in [2.45, 2.75) is 6.92 Å². The Morgan fingerprint density at radius 3 is 2.53 bits per heavy atom. The number of rotatable bonds is 5. The summed E-state index contributed by atoms with van der Waals surface area (Å²) in [4.78, 5) is 16.6. The van der Waals surface area contributed by atoms with Gasteiger partial charge in [-0.2, -0.15) is 5.10 Å². The summed E-state index contributed by atoms with van der Waals surface area (Å²) in [5, 5.41) is 10.6. The number of carbonyl (C=O) groups is 1. The molecule has 7 heteroatoms. The molecule has 0 unspecified atom stereocenters. The Kier molecular flexibility index (Phi) is 5.26. The molecule has 0 fully saturated rings. The average molecular weight is 401 g/mol. The van der Waals surface area contributed by atoms with Crippen LogP contribution in [0.1, 0.15) is 15.9 Å². The highest BCUT2D eigenvalue weighted by Gasteiger charge is 2.17. The Balaban J connectivity index is 1.83. The molecule has 0 bridgehead atoms. The molecule has 0 saturated heterocycles. The number of anilines is 2. The van der Waals surface area contributed by atoms with Crippen LogP contribution >= 0.6 is 0 Å². The molecule has 0 aliphatic heterocycles. The lowest BCUT2D eigenvalue weighted by atomic mass is 10.1. The minimum Gasteiger partial charge on any atom is -0.355 e. The molecule has 0 aliphatic carbocycles. The number of aryl methyl sites for hydroxylation is 1. The number of amides is 1. The summed E-state index contributed by atoms with van der Waals surface area (Å²) >= 11 is 0. The molecule has 0 radical (unpaired) electrons. The number of pyridine rings is 1. The van der Waals surface area contributed by atoms with Crippen molar-refractivity contribution in [3.63, 3.8) is 0 Å². The summed E-state index contributed by atoms with van der Waals surface area (Å²) in [7, 11) is 1.57. The first-order valence-electron chi connectivity index (χ1n) is 9.43. The number of halogens is 1. The molecular weight excluding hydrogens is 381 g/mol. The maximum absolute atomic E-state index is 13.4. The van der Waals surface area contributed by atoms with Gasteiger partial charge >= 0.3 is 0 Å². The molecule has 0 atom stereocenters. The Bertz CT molecular complexity index is 1200. The van der Waals surface area contributed by atoms with Gasteiger partial charge in [-0.05, 0) is 55.0 Å². The highest BCUT2D eigenvalue weighted by atomic mass is 19.1. The third-order valence-electron chi connectivity index (χ3n) is 4.72. The van der Waals surface area contributed by atoms with Gasteiger partial charge in [-0.25, -0.2) is 14.1 Å². The molecule has 1 amide bonds. The minimum atomic E-state index is -0.306. The van der Waals surface area contributed by atoms with Crippen molar-refractivity contribution in [2.24, 2.45) is 0 Å². The number of benzene rings is 2. The number of nitrogens with one attached hydrogen (secondary N) is 2. The first kappa shape index (κ1) is 19.3. The quantitative estimate of drug-likeness (QED) is 0.517. The molecule has 2 aromatic carbocycles. The van der Waals surface area contributed by atoms with E-state index < -0.39 is 0 Å². The molecule has 2 heterocycles. The Morgan fingerprint density at radius 1 is 1.03 bits per heavy atom. The number of para-hydroxylation sites is 1. The highest BCUT2D eigenvalue weighted by molar-refractivity contribution is 5.99. The minimum absolute atomic E-state index is 0.244. The molecule has 30 heavy (non-hydrogen) atoms. The first-order valence-corrected chi connectivity index (χ1v) is 9.43. The van der Waals surface area contributed by atoms with Crippen molar-refractivity contribution in [3.05, 3.63) is 89.9 Å². The fraction of sp³-hybridized carbons (Fsp3) is 0.0870. The topological polar surface area (TPSA) is 71.8 Å². The number of aromatic nitrogens is 3. The molecule has 2 aromatic heterocycles. The normalized spacial score (nSPS) is 10.6. The Hall–Kier alpha value is -4.00. The van der Waals surface area contributed by atoms with E-state index in [0.29, 0.717) is 22.9 Å². The molecule has 2 N–H and O–H groups in total. The van der Waals surface area contributed by atoms with Crippen molar-refractivity contribution in [2.75, 3.05) is 12.4 Å². The molecular formula is C23H20FN5O. The second kappa shape index (κ2) is 8.16. The zero-order chi connectivity index (χ0) is 21.1. The lowest BCUT2D eigenvalue weighted by Crippen LogP contribution is -2.20. The number of hydrogen-bond donors (Lipinski definition) is 2. The molecule has 150 valence electrons. The van der Waals surface area contributed by atoms with E-state index >= 15 is 0 Å². The van der Waals surface area contributed by atoms with Crippen LogP contribution in [0.4, 0.5) is 16.0 Å². The fourth-order valence-corrected chi connectivity index (χ4v) is 3.16. The van der Waals surface area contributed by atoms with Crippen molar-refractivity contribution < 1.29 is 9.18 Å². The van der Waals surface area contributed by atoms with Gasteiger partial charge in [-0.1, -0.05) is 18.2 Å². The smallest absolute Gasteiger partial charge is 0.254 e. The van der Waals surface area contributed by atoms with Crippen LogP contribution in [0.25, 0.3) is 16.9 Å². The van der Waals surface area contributed by atoms with Crippen molar-refractivity contribution in [3.8, 4) is 16.9 Å². The molecule has 0 aliphatic rings. The van der Waals surface area contributed by atoms with Crippen LogP contribution in [0.15, 0.2) is 72.9 Å². The van der Waals surface area contributed by atoms with E-state index in [9.17, 15) is 9.18 Å². The van der Waals surface area contributed by atoms with Gasteiger partial charge in [-0.15, -0.1) is 0 Å². The van der Waals surface area contributed by atoms with Gasteiger partial charge in [0.2, 0.25) is 0 Å². The number of carbonyl (C=O) groups excluding carboxylic acids is 1. The zero-order valence-electron chi connectivity index (χ0n) is 16.6. The van der Waals surface area contributed by atoms with Crippen LogP contribution in [0.3, 0.4) is 0 Å². The van der Waals surface area contributed by atoms with Gasteiger partial charge < -0.3 is 10.6 Å². The summed E-state index contributed by atoms with van der Waals surface area (Å²) in [5.74, 6) is 0.496. The molecule has 0 spiro atoms. The summed E-state index contributed by atoms with van der Waals surface area (Å²) in [6.45, 7) is 2.00. The predicted octanol–water partition coefficient (Wildman–Crippen LogP) is 4.49. The van der Waals surface area contributed by atoms with Crippen LogP contribution in [-0.4, -0.2) is 27.7 Å². The van der Waals surface area contributed by atoms with Crippen LogP contribution in [0.2, 0.25) is 0 Å². The van der Waals surface area contributed by atoms with E-state index in [4.69, 9.17) is 5.10 Å². The van der Waals surface area contributed by atoms with Gasteiger partial charge in [0.25, 0.3) is 5.91 Å². The maximum atomic E-state index is 13.4. The highest BCUT2D eigenvalue weighted by Crippen LogP contribution is 2.29. The van der Waals surface area contributed by atoms with Gasteiger partial charge in [0.1, 0.15) is 17.5 Å². The maximum Gasteiger partial charge on any atom is 0.254 e. The van der Waals surface area contributed by atoms with Gasteiger partial charge in [0, 0.05) is 24.9 Å². The summed E-state index contributed by atoms with van der Waals surface area (Å²) in [6, 6.07) is 19.3. The van der Waals surface area contributed by atoms with E-state index in [1.54, 1.807) is 42.2 Å². The Morgan fingerprint density at radius 2 is 1.80 bits per heavy atom. The van der Waals surface area contributed by atoms with E-state index in [0.717, 1.165) is 16.8 Å². The summed E-state index contributed by atoms with van der Waals surface area (Å²) in [6.07, 6.45) is 1.62. The van der Waals surface area contributed by atoms with E-state index in [-0.39, 0.29) is 11.7 Å². The van der Waals surface area contributed by atoms with Crippen LogP contribution in [0.5, 0.6) is 0 Å². The van der Waals surface area contributed by atoms with Crippen LogP contribution in [0, 0.1) is 12.7 Å². The van der Waals surface area contributed by atoms with Gasteiger partial charge in [0.05, 0.1) is 16.9 Å². The monoisotopic (exact) mass is 401 g/mol. The second-order valence-corrected chi connectivity index (χ2v) is 6.72. The molecule has 0 saturated carbocycles. The first-order chi connectivity index (χ1) is 14.6. The van der Waals surface area contributed by atoms with E-state index in [2.05, 4.69) is 15.6 Å². The lowest BCUT2D eigenvalue weighted by Gasteiger charge is -2.13. The second-order valence-electron chi connectivity index (χ2n) is 6.72.